The Labute approximate surface area is 95.6 Å². The summed E-state index contributed by atoms with van der Waals surface area (Å²) in [5.41, 5.74) is 0. The minimum Gasteiger partial charge on any atom is -0.481 e. The first-order valence-electron chi connectivity index (χ1n) is 5.76. The molecule has 1 aliphatic rings. The Balaban J connectivity index is 2.40. The number of amides is 1. The zero-order valence-electron chi connectivity index (χ0n) is 9.82. The lowest BCUT2D eigenvalue weighted by Gasteiger charge is -2.25. The summed E-state index contributed by atoms with van der Waals surface area (Å²) in [6.45, 7) is 4.99. The normalized spacial score (nSPS) is 24.5. The van der Waals surface area contributed by atoms with Crippen molar-refractivity contribution in [3.8, 4) is 0 Å². The molecule has 92 valence electrons. The van der Waals surface area contributed by atoms with E-state index in [1.807, 2.05) is 0 Å². The number of hydrogen-bond acceptors (Lipinski definition) is 3. The van der Waals surface area contributed by atoms with Gasteiger partial charge in [-0.1, -0.05) is 0 Å². The minimum absolute atomic E-state index is 0.0165. The van der Waals surface area contributed by atoms with Gasteiger partial charge in [-0.2, -0.15) is 0 Å². The molecule has 0 aromatic carbocycles. The molecule has 0 radical (unpaired) electrons. The molecule has 5 nitrogen and oxygen atoms in total. The molecule has 1 heterocycles. The van der Waals surface area contributed by atoms with Crippen molar-refractivity contribution in [1.82, 2.24) is 10.6 Å². The molecule has 1 saturated heterocycles. The van der Waals surface area contributed by atoms with Crippen LogP contribution in [0, 0.1) is 11.8 Å². The molecule has 2 unspecified atom stereocenters. The Kier molecular flexibility index (Phi) is 4.73. The molecule has 0 aliphatic carbocycles. The lowest BCUT2D eigenvalue weighted by Crippen LogP contribution is -2.46. The molecule has 3 atom stereocenters. The van der Waals surface area contributed by atoms with Gasteiger partial charge in [-0.05, 0) is 33.2 Å². The van der Waals surface area contributed by atoms with Gasteiger partial charge in [0, 0.05) is 12.6 Å². The predicted octanol–water partition coefficient (Wildman–Crippen LogP) is 0.211. The highest BCUT2D eigenvalue weighted by atomic mass is 16.4. The summed E-state index contributed by atoms with van der Waals surface area (Å²) in [5.74, 6) is -1.49. The quantitative estimate of drug-likeness (QED) is 0.643. The molecule has 0 aromatic rings. The summed E-state index contributed by atoms with van der Waals surface area (Å²) >= 11 is 0. The third-order valence-electron chi connectivity index (χ3n) is 3.18. The van der Waals surface area contributed by atoms with Crippen LogP contribution in [-0.2, 0) is 9.59 Å². The second-order valence-electron chi connectivity index (χ2n) is 4.47. The predicted molar refractivity (Wildman–Crippen MR) is 60.0 cm³/mol. The Morgan fingerprint density at radius 2 is 2.12 bits per heavy atom. The smallest absolute Gasteiger partial charge is 0.308 e. The Morgan fingerprint density at radius 1 is 1.44 bits per heavy atom. The maximum atomic E-state index is 11.8. The maximum Gasteiger partial charge on any atom is 0.308 e. The summed E-state index contributed by atoms with van der Waals surface area (Å²) in [7, 11) is 0. The minimum atomic E-state index is -0.880. The first-order valence-corrected chi connectivity index (χ1v) is 5.76. The third-order valence-corrected chi connectivity index (χ3v) is 3.18. The van der Waals surface area contributed by atoms with Crippen LogP contribution in [0.1, 0.15) is 26.7 Å². The molecule has 0 spiro atoms. The lowest BCUT2D eigenvalue weighted by atomic mass is 9.97. The molecule has 16 heavy (non-hydrogen) atoms. The molecule has 1 fully saturated rings. The summed E-state index contributed by atoms with van der Waals surface area (Å²) in [5, 5.41) is 14.7. The molecule has 0 aromatic heterocycles. The number of hydrogen-bond donors (Lipinski definition) is 3. The standard InChI is InChI=1S/C11H20N2O3/c1-7(11(15)16)8(2)13-10(14)9-4-3-5-12-6-9/h7-9,12H,3-6H2,1-2H3,(H,13,14)(H,15,16)/t7?,8?,9-/m0/s1. The Hall–Kier alpha value is -1.10. The molecule has 1 rings (SSSR count). The van der Waals surface area contributed by atoms with Crippen molar-refractivity contribution < 1.29 is 14.7 Å². The highest BCUT2D eigenvalue weighted by molar-refractivity contribution is 5.80. The zero-order chi connectivity index (χ0) is 12.1. The summed E-state index contributed by atoms with van der Waals surface area (Å²) in [4.78, 5) is 22.5. The maximum absolute atomic E-state index is 11.8. The average molecular weight is 228 g/mol. The molecular weight excluding hydrogens is 208 g/mol. The highest BCUT2D eigenvalue weighted by Gasteiger charge is 2.25. The molecular formula is C11H20N2O3. The number of carbonyl (C=O) groups is 2. The van der Waals surface area contributed by atoms with Crippen LogP contribution in [0.2, 0.25) is 0 Å². The molecule has 1 aliphatic heterocycles. The van der Waals surface area contributed by atoms with Gasteiger partial charge in [0.25, 0.3) is 0 Å². The van der Waals surface area contributed by atoms with Crippen molar-refractivity contribution in [2.45, 2.75) is 32.7 Å². The first kappa shape index (κ1) is 13.0. The number of piperidine rings is 1. The van der Waals surface area contributed by atoms with E-state index in [4.69, 9.17) is 5.11 Å². The van der Waals surface area contributed by atoms with E-state index in [1.165, 1.54) is 0 Å². The fourth-order valence-corrected chi connectivity index (χ4v) is 1.76. The van der Waals surface area contributed by atoms with Crippen molar-refractivity contribution in [3.05, 3.63) is 0 Å². The van der Waals surface area contributed by atoms with Gasteiger partial charge in [0.05, 0.1) is 11.8 Å². The van der Waals surface area contributed by atoms with Crippen LogP contribution in [0.3, 0.4) is 0 Å². The van der Waals surface area contributed by atoms with E-state index < -0.39 is 11.9 Å². The highest BCUT2D eigenvalue weighted by Crippen LogP contribution is 2.11. The third kappa shape index (κ3) is 3.48. The number of carboxylic acid groups (broad SMARTS) is 1. The van der Waals surface area contributed by atoms with Gasteiger partial charge < -0.3 is 15.7 Å². The summed E-state index contributed by atoms with van der Waals surface area (Å²) in [6.07, 6.45) is 1.88. The van der Waals surface area contributed by atoms with Crippen LogP contribution in [-0.4, -0.2) is 36.1 Å². The fourth-order valence-electron chi connectivity index (χ4n) is 1.76. The summed E-state index contributed by atoms with van der Waals surface area (Å²) in [6, 6.07) is -0.327. The molecule has 5 heteroatoms. The van der Waals surface area contributed by atoms with E-state index in [-0.39, 0.29) is 17.9 Å². The van der Waals surface area contributed by atoms with E-state index in [0.29, 0.717) is 6.54 Å². The Morgan fingerprint density at radius 3 is 2.62 bits per heavy atom. The lowest BCUT2D eigenvalue weighted by molar-refractivity contribution is -0.142. The van der Waals surface area contributed by atoms with Crippen LogP contribution >= 0.6 is 0 Å². The van der Waals surface area contributed by atoms with Crippen LogP contribution in [0.15, 0.2) is 0 Å². The zero-order valence-corrected chi connectivity index (χ0v) is 9.82. The second-order valence-corrected chi connectivity index (χ2v) is 4.47. The van der Waals surface area contributed by atoms with E-state index in [9.17, 15) is 9.59 Å². The monoisotopic (exact) mass is 228 g/mol. The number of carbonyl (C=O) groups excluding carboxylic acids is 1. The average Bonchev–Trinajstić information content (AvgIpc) is 2.28. The van der Waals surface area contributed by atoms with Crippen molar-refractivity contribution in [2.24, 2.45) is 11.8 Å². The molecule has 0 bridgehead atoms. The SMILES string of the molecule is CC(NC(=O)[C@H]1CCCNC1)C(C)C(=O)O. The number of carboxylic acids is 1. The second kappa shape index (κ2) is 5.84. The molecule has 1 amide bonds. The molecule has 3 N–H and O–H groups in total. The van der Waals surface area contributed by atoms with E-state index >= 15 is 0 Å². The fraction of sp³-hybridized carbons (Fsp3) is 0.818. The first-order chi connectivity index (χ1) is 7.52. The van der Waals surface area contributed by atoms with Gasteiger partial charge in [-0.25, -0.2) is 0 Å². The van der Waals surface area contributed by atoms with Crippen LogP contribution in [0.25, 0.3) is 0 Å². The van der Waals surface area contributed by atoms with Crippen molar-refractivity contribution in [3.63, 3.8) is 0 Å². The van der Waals surface area contributed by atoms with E-state index in [0.717, 1.165) is 19.4 Å². The van der Waals surface area contributed by atoms with Gasteiger partial charge in [0.15, 0.2) is 0 Å². The number of aliphatic carboxylic acids is 1. The van der Waals surface area contributed by atoms with Crippen molar-refractivity contribution in [1.29, 1.82) is 0 Å². The molecule has 0 saturated carbocycles. The van der Waals surface area contributed by atoms with Gasteiger partial charge in [-0.15, -0.1) is 0 Å². The largest absolute Gasteiger partial charge is 0.481 e. The number of rotatable bonds is 4. The van der Waals surface area contributed by atoms with Gasteiger partial charge in [0.1, 0.15) is 0 Å². The van der Waals surface area contributed by atoms with Crippen molar-refractivity contribution in [2.75, 3.05) is 13.1 Å². The van der Waals surface area contributed by atoms with Gasteiger partial charge in [0.2, 0.25) is 5.91 Å². The van der Waals surface area contributed by atoms with Crippen LogP contribution in [0.4, 0.5) is 0 Å². The topological polar surface area (TPSA) is 78.4 Å². The van der Waals surface area contributed by atoms with Crippen molar-refractivity contribution >= 4 is 11.9 Å². The summed E-state index contributed by atoms with van der Waals surface area (Å²) < 4.78 is 0. The van der Waals surface area contributed by atoms with E-state index in [2.05, 4.69) is 10.6 Å². The number of nitrogens with one attached hydrogen (secondary N) is 2. The van der Waals surface area contributed by atoms with E-state index in [1.54, 1.807) is 13.8 Å². The Bertz CT molecular complexity index is 262. The van der Waals surface area contributed by atoms with Crippen LogP contribution < -0.4 is 10.6 Å². The van der Waals surface area contributed by atoms with Gasteiger partial charge in [-0.3, -0.25) is 9.59 Å². The van der Waals surface area contributed by atoms with Gasteiger partial charge >= 0.3 is 5.97 Å². The van der Waals surface area contributed by atoms with Crippen LogP contribution in [0.5, 0.6) is 0 Å².